The summed E-state index contributed by atoms with van der Waals surface area (Å²) in [5, 5.41) is 68.9. The van der Waals surface area contributed by atoms with Gasteiger partial charge in [0.2, 0.25) is 6.29 Å². The molecule has 12 heteroatoms. The molecule has 1 unspecified atom stereocenters. The van der Waals surface area contributed by atoms with Crippen molar-refractivity contribution in [3.8, 4) is 0 Å². The normalized spacial score (nSPS) is 44.3. The molecule has 2 heterocycles. The summed E-state index contributed by atoms with van der Waals surface area (Å²) in [6, 6.07) is 0. The molecule has 170 valence electrons. The van der Waals surface area contributed by atoms with E-state index in [0.717, 1.165) is 0 Å². The van der Waals surface area contributed by atoms with Gasteiger partial charge in [0.1, 0.15) is 42.7 Å². The minimum absolute atomic E-state index is 0.447. The minimum atomic E-state index is -1.76. The molecule has 0 bridgehead atoms. The lowest BCUT2D eigenvalue weighted by atomic mass is 9.97. The first-order chi connectivity index (χ1) is 13.7. The smallest absolute Gasteiger partial charge is 0.309 e. The number of hydrogen-bond acceptors (Lipinski definition) is 12. The Balaban J connectivity index is 2.21. The summed E-state index contributed by atoms with van der Waals surface area (Å²) in [5.41, 5.74) is 0. The highest BCUT2D eigenvalue weighted by atomic mass is 16.8. The topological polar surface area (TPSA) is 196 Å². The van der Waals surface area contributed by atoms with Crippen LogP contribution in [0.5, 0.6) is 0 Å². The first-order valence-electron chi connectivity index (χ1n) is 9.45. The van der Waals surface area contributed by atoms with Gasteiger partial charge in [0.25, 0.3) is 0 Å². The van der Waals surface area contributed by atoms with Crippen molar-refractivity contribution in [2.75, 3.05) is 13.2 Å². The van der Waals surface area contributed by atoms with Crippen LogP contribution in [0.2, 0.25) is 0 Å². The summed E-state index contributed by atoms with van der Waals surface area (Å²) in [4.78, 5) is 12.2. The van der Waals surface area contributed by atoms with Crippen molar-refractivity contribution in [1.29, 1.82) is 0 Å². The quantitative estimate of drug-likeness (QED) is 0.196. The van der Waals surface area contributed by atoms with Crippen LogP contribution in [0.25, 0.3) is 0 Å². The molecule has 0 saturated carbocycles. The zero-order valence-corrected chi connectivity index (χ0v) is 16.1. The van der Waals surface area contributed by atoms with Crippen molar-refractivity contribution in [1.82, 2.24) is 0 Å². The largest absolute Gasteiger partial charge is 0.454 e. The summed E-state index contributed by atoms with van der Waals surface area (Å²) < 4.78 is 21.3. The lowest BCUT2D eigenvalue weighted by Gasteiger charge is -2.45. The van der Waals surface area contributed by atoms with E-state index in [9.17, 15) is 40.5 Å². The number of rotatable bonds is 7. The second-order valence-corrected chi connectivity index (χ2v) is 7.25. The van der Waals surface area contributed by atoms with E-state index in [2.05, 4.69) is 0 Å². The molecule has 2 saturated heterocycles. The maximum absolute atomic E-state index is 12.2. The molecule has 29 heavy (non-hydrogen) atoms. The molecular weight excluding hydrogens is 396 g/mol. The first-order valence-corrected chi connectivity index (χ1v) is 9.45. The van der Waals surface area contributed by atoms with Crippen LogP contribution in [0.3, 0.4) is 0 Å². The monoisotopic (exact) mass is 426 g/mol. The van der Waals surface area contributed by atoms with Gasteiger partial charge in [0.15, 0.2) is 12.4 Å². The van der Waals surface area contributed by atoms with E-state index in [-0.39, 0.29) is 0 Å². The zero-order chi connectivity index (χ0) is 21.9. The van der Waals surface area contributed by atoms with E-state index >= 15 is 0 Å². The van der Waals surface area contributed by atoms with Crippen molar-refractivity contribution in [3.63, 3.8) is 0 Å². The van der Waals surface area contributed by atoms with Gasteiger partial charge >= 0.3 is 5.97 Å². The maximum atomic E-state index is 12.2. The Hall–Kier alpha value is -0.930. The van der Waals surface area contributed by atoms with Crippen LogP contribution < -0.4 is 0 Å². The Labute approximate surface area is 167 Å². The van der Waals surface area contributed by atoms with Crippen LogP contribution in [0.1, 0.15) is 20.3 Å². The van der Waals surface area contributed by atoms with Gasteiger partial charge in [-0.3, -0.25) is 4.79 Å². The molecule has 0 radical (unpaired) electrons. The van der Waals surface area contributed by atoms with Crippen LogP contribution in [-0.4, -0.2) is 116 Å². The average molecular weight is 426 g/mol. The minimum Gasteiger partial charge on any atom is -0.454 e. The van der Waals surface area contributed by atoms with Crippen molar-refractivity contribution in [3.05, 3.63) is 0 Å². The fourth-order valence-electron chi connectivity index (χ4n) is 3.02. The summed E-state index contributed by atoms with van der Waals surface area (Å²) >= 11 is 0. The second-order valence-electron chi connectivity index (χ2n) is 7.25. The van der Waals surface area contributed by atoms with Gasteiger partial charge in [0, 0.05) is 0 Å². The van der Waals surface area contributed by atoms with Crippen LogP contribution in [0.15, 0.2) is 0 Å². The molecule has 0 amide bonds. The Morgan fingerprint density at radius 2 is 1.38 bits per heavy atom. The number of aliphatic hydroxyl groups is 7. The number of aliphatic hydroxyl groups excluding tert-OH is 7. The molecule has 11 atom stereocenters. The Morgan fingerprint density at radius 3 is 1.90 bits per heavy atom. The van der Waals surface area contributed by atoms with Crippen LogP contribution >= 0.6 is 0 Å². The van der Waals surface area contributed by atoms with Gasteiger partial charge in [0.05, 0.1) is 19.1 Å². The van der Waals surface area contributed by atoms with E-state index in [4.69, 9.17) is 18.9 Å². The van der Waals surface area contributed by atoms with Crippen molar-refractivity contribution < 1.29 is 59.5 Å². The molecule has 0 aromatic rings. The average Bonchev–Trinajstić information content (AvgIpc) is 2.72. The highest BCUT2D eigenvalue weighted by molar-refractivity contribution is 5.72. The third kappa shape index (κ3) is 5.22. The third-order valence-corrected chi connectivity index (χ3v) is 5.21. The molecule has 0 aliphatic carbocycles. The van der Waals surface area contributed by atoms with Gasteiger partial charge in [-0.05, 0) is 6.42 Å². The second kappa shape index (κ2) is 10.4. The number of carbonyl (C=O) groups excluding carboxylic acids is 1. The standard InChI is InChI=1S/C17H30O12/c1-3-6(2)15(25)28-14-12(23)10(21)8(5-19)27-17(14)29-16-13(24)11(22)9(20)7(4-18)26-16/h6-14,16-24H,3-5H2,1-2H3/t6?,7-,8-,9-,10-,11+,12+,13-,14-,16-,17-/m1/s1. The lowest BCUT2D eigenvalue weighted by Crippen LogP contribution is -2.64. The van der Waals surface area contributed by atoms with Crippen LogP contribution in [0, 0.1) is 5.92 Å². The highest BCUT2D eigenvalue weighted by Crippen LogP contribution is 2.30. The fraction of sp³-hybridized carbons (Fsp3) is 0.941. The van der Waals surface area contributed by atoms with Crippen molar-refractivity contribution in [2.45, 2.75) is 81.7 Å². The number of esters is 1. The summed E-state index contributed by atoms with van der Waals surface area (Å²) in [6.07, 6.45) is -15.3. The predicted molar refractivity (Wildman–Crippen MR) is 91.9 cm³/mol. The SMILES string of the molecule is CCC(C)C(=O)O[C@H]1[C@@H](O[C@H]2O[C@H](CO)[C@@H](O)[C@H](O)[C@H]2O)O[C@H](CO)[C@@H](O)[C@@H]1O. The molecule has 2 aliphatic heterocycles. The van der Waals surface area contributed by atoms with E-state index in [1.165, 1.54) is 0 Å². The Kier molecular flexibility index (Phi) is 8.72. The lowest BCUT2D eigenvalue weighted by molar-refractivity contribution is -0.377. The molecule has 0 aromatic carbocycles. The molecule has 2 aliphatic rings. The van der Waals surface area contributed by atoms with Crippen molar-refractivity contribution >= 4 is 5.97 Å². The Morgan fingerprint density at radius 1 is 0.862 bits per heavy atom. The van der Waals surface area contributed by atoms with Gasteiger partial charge in [-0.2, -0.15) is 0 Å². The molecule has 12 nitrogen and oxygen atoms in total. The van der Waals surface area contributed by atoms with E-state index in [0.29, 0.717) is 6.42 Å². The zero-order valence-electron chi connectivity index (χ0n) is 16.1. The van der Waals surface area contributed by atoms with Crippen LogP contribution in [0.4, 0.5) is 0 Å². The van der Waals surface area contributed by atoms with Gasteiger partial charge < -0.3 is 54.7 Å². The molecular formula is C17H30O12. The van der Waals surface area contributed by atoms with E-state index in [1.54, 1.807) is 13.8 Å². The molecule has 2 fully saturated rings. The molecule has 2 rings (SSSR count). The number of hydrogen-bond donors (Lipinski definition) is 7. The number of carbonyl (C=O) groups is 1. The highest BCUT2D eigenvalue weighted by Gasteiger charge is 2.51. The predicted octanol–water partition coefficient (Wildman–Crippen LogP) is -3.80. The maximum Gasteiger partial charge on any atom is 0.309 e. The van der Waals surface area contributed by atoms with Gasteiger partial charge in [-0.25, -0.2) is 0 Å². The summed E-state index contributed by atoms with van der Waals surface area (Å²) in [6.45, 7) is 1.96. The van der Waals surface area contributed by atoms with E-state index < -0.39 is 86.5 Å². The molecule has 0 spiro atoms. The summed E-state index contributed by atoms with van der Waals surface area (Å²) in [5.74, 6) is -1.22. The van der Waals surface area contributed by atoms with Crippen molar-refractivity contribution in [2.24, 2.45) is 5.92 Å². The summed E-state index contributed by atoms with van der Waals surface area (Å²) in [7, 11) is 0. The van der Waals surface area contributed by atoms with Gasteiger partial charge in [-0.1, -0.05) is 13.8 Å². The first kappa shape index (κ1) is 24.3. The third-order valence-electron chi connectivity index (χ3n) is 5.21. The van der Waals surface area contributed by atoms with Crippen LogP contribution in [-0.2, 0) is 23.7 Å². The molecule has 7 N–H and O–H groups in total. The molecule has 0 aromatic heterocycles. The van der Waals surface area contributed by atoms with Gasteiger partial charge in [-0.15, -0.1) is 0 Å². The number of ether oxygens (including phenoxy) is 4. The Bertz CT molecular complexity index is 531. The fourth-order valence-corrected chi connectivity index (χ4v) is 3.02. The van der Waals surface area contributed by atoms with E-state index in [1.807, 2.05) is 0 Å².